The molecule has 0 N–H and O–H groups in total. The molecule has 0 aliphatic heterocycles. The van der Waals surface area contributed by atoms with E-state index in [2.05, 4.69) is 0 Å². The first kappa shape index (κ1) is 11.3. The van der Waals surface area contributed by atoms with Gasteiger partial charge in [-0.1, -0.05) is 36.8 Å². The molecule has 1 saturated carbocycles. The van der Waals surface area contributed by atoms with Crippen molar-refractivity contribution in [2.75, 3.05) is 7.11 Å². The van der Waals surface area contributed by atoms with Crippen LogP contribution in [-0.4, -0.2) is 12.9 Å². The van der Waals surface area contributed by atoms with E-state index in [4.69, 9.17) is 4.74 Å². The first-order chi connectivity index (χ1) is 7.83. The Bertz CT molecular complexity index is 345. The summed E-state index contributed by atoms with van der Waals surface area (Å²) >= 11 is 0. The van der Waals surface area contributed by atoms with Gasteiger partial charge in [0.2, 0.25) is 0 Å². The molecule has 1 aliphatic carbocycles. The fourth-order valence-electron chi connectivity index (χ4n) is 2.51. The highest BCUT2D eigenvalue weighted by Crippen LogP contribution is 2.34. The lowest BCUT2D eigenvalue weighted by Gasteiger charge is -2.28. The Hall–Kier alpha value is -1.15. The van der Waals surface area contributed by atoms with Gasteiger partial charge in [0.1, 0.15) is 5.78 Å². The van der Waals surface area contributed by atoms with E-state index in [9.17, 15) is 4.79 Å². The molecule has 0 saturated heterocycles. The van der Waals surface area contributed by atoms with Crippen LogP contribution in [0, 0.1) is 5.92 Å². The number of carbonyl (C=O) groups is 1. The fraction of sp³-hybridized carbons (Fsp3) is 0.500. The molecule has 2 nitrogen and oxygen atoms in total. The van der Waals surface area contributed by atoms with Crippen LogP contribution in [0.2, 0.25) is 0 Å². The van der Waals surface area contributed by atoms with Crippen molar-refractivity contribution in [3.05, 3.63) is 35.9 Å². The SMILES string of the molecule is CO[C@H](c1ccccc1)[C@H]1CCCCC1=O. The summed E-state index contributed by atoms with van der Waals surface area (Å²) in [6, 6.07) is 10.0. The third-order valence-electron chi connectivity index (χ3n) is 3.35. The normalized spacial score (nSPS) is 23.1. The lowest BCUT2D eigenvalue weighted by atomic mass is 9.81. The Morgan fingerprint density at radius 3 is 2.62 bits per heavy atom. The second kappa shape index (κ2) is 5.26. The van der Waals surface area contributed by atoms with Gasteiger partial charge in [0.05, 0.1) is 6.10 Å². The van der Waals surface area contributed by atoms with Crippen LogP contribution < -0.4 is 0 Å². The van der Waals surface area contributed by atoms with Crippen LogP contribution in [0.1, 0.15) is 37.4 Å². The summed E-state index contributed by atoms with van der Waals surface area (Å²) in [6.07, 6.45) is 3.81. The first-order valence-corrected chi connectivity index (χ1v) is 5.93. The molecule has 2 heteroatoms. The summed E-state index contributed by atoms with van der Waals surface area (Å²) < 4.78 is 5.53. The van der Waals surface area contributed by atoms with Crippen LogP contribution in [0.15, 0.2) is 30.3 Å². The molecule has 86 valence electrons. The molecule has 0 spiro atoms. The van der Waals surface area contributed by atoms with Crippen LogP contribution in [-0.2, 0) is 9.53 Å². The highest BCUT2D eigenvalue weighted by atomic mass is 16.5. The third-order valence-corrected chi connectivity index (χ3v) is 3.35. The largest absolute Gasteiger partial charge is 0.376 e. The average molecular weight is 218 g/mol. The smallest absolute Gasteiger partial charge is 0.138 e. The molecule has 0 amide bonds. The van der Waals surface area contributed by atoms with E-state index in [1.165, 1.54) is 0 Å². The number of benzene rings is 1. The molecule has 0 heterocycles. The zero-order valence-corrected chi connectivity index (χ0v) is 9.69. The lowest BCUT2D eigenvalue weighted by molar-refractivity contribution is -0.129. The summed E-state index contributed by atoms with van der Waals surface area (Å²) in [5.74, 6) is 0.420. The van der Waals surface area contributed by atoms with Gasteiger partial charge in [-0.2, -0.15) is 0 Å². The summed E-state index contributed by atoms with van der Waals surface area (Å²) in [6.45, 7) is 0. The molecule has 0 unspecified atom stereocenters. The van der Waals surface area contributed by atoms with E-state index in [-0.39, 0.29) is 12.0 Å². The number of Topliss-reactive ketones (excluding diaryl/α,β-unsaturated/α-hetero) is 1. The monoisotopic (exact) mass is 218 g/mol. The Balaban J connectivity index is 2.18. The third kappa shape index (κ3) is 2.33. The second-order valence-electron chi connectivity index (χ2n) is 4.39. The molecule has 1 aromatic rings. The highest BCUT2D eigenvalue weighted by molar-refractivity contribution is 5.82. The topological polar surface area (TPSA) is 26.3 Å². The molecule has 16 heavy (non-hydrogen) atoms. The Kier molecular flexibility index (Phi) is 3.73. The van der Waals surface area contributed by atoms with Crippen molar-refractivity contribution in [2.24, 2.45) is 5.92 Å². The van der Waals surface area contributed by atoms with Crippen LogP contribution in [0.5, 0.6) is 0 Å². The highest BCUT2D eigenvalue weighted by Gasteiger charge is 2.31. The first-order valence-electron chi connectivity index (χ1n) is 5.93. The number of hydrogen-bond acceptors (Lipinski definition) is 2. The number of ether oxygens (including phenoxy) is 1. The van der Waals surface area contributed by atoms with Crippen molar-refractivity contribution in [1.29, 1.82) is 0 Å². The molecule has 1 aromatic carbocycles. The van der Waals surface area contributed by atoms with Gasteiger partial charge < -0.3 is 4.74 Å². The van der Waals surface area contributed by atoms with Gasteiger partial charge >= 0.3 is 0 Å². The number of ketones is 1. The van der Waals surface area contributed by atoms with Crippen LogP contribution in [0.3, 0.4) is 0 Å². The zero-order chi connectivity index (χ0) is 11.4. The van der Waals surface area contributed by atoms with Gasteiger partial charge in [-0.15, -0.1) is 0 Å². The standard InChI is InChI=1S/C14H18O2/c1-16-14(11-7-3-2-4-8-11)12-9-5-6-10-13(12)15/h2-4,7-8,12,14H,5-6,9-10H2,1H3/t12-,14+/m0/s1. The number of methoxy groups -OCH3 is 1. The molecule has 0 aromatic heterocycles. The predicted molar refractivity (Wildman–Crippen MR) is 63.2 cm³/mol. The van der Waals surface area contributed by atoms with Gasteiger partial charge in [-0.05, 0) is 18.4 Å². The van der Waals surface area contributed by atoms with Crippen molar-refractivity contribution in [1.82, 2.24) is 0 Å². The summed E-state index contributed by atoms with van der Waals surface area (Å²) in [7, 11) is 1.69. The molecular weight excluding hydrogens is 200 g/mol. The van der Waals surface area contributed by atoms with Crippen molar-refractivity contribution in [2.45, 2.75) is 31.8 Å². The molecule has 1 fully saturated rings. The van der Waals surface area contributed by atoms with E-state index in [0.717, 1.165) is 31.2 Å². The molecule has 0 bridgehead atoms. The molecule has 2 rings (SSSR count). The quantitative estimate of drug-likeness (QED) is 0.779. The number of rotatable bonds is 3. The van der Waals surface area contributed by atoms with E-state index in [0.29, 0.717) is 5.78 Å². The maximum absolute atomic E-state index is 11.9. The van der Waals surface area contributed by atoms with Gasteiger partial charge in [0.25, 0.3) is 0 Å². The minimum Gasteiger partial charge on any atom is -0.376 e. The summed E-state index contributed by atoms with van der Waals surface area (Å²) in [4.78, 5) is 11.9. The molecular formula is C14H18O2. The number of carbonyl (C=O) groups excluding carboxylic acids is 1. The van der Waals surface area contributed by atoms with Crippen molar-refractivity contribution < 1.29 is 9.53 Å². The fourth-order valence-corrected chi connectivity index (χ4v) is 2.51. The zero-order valence-electron chi connectivity index (χ0n) is 9.69. The molecule has 1 aliphatic rings. The Labute approximate surface area is 96.6 Å². The van der Waals surface area contributed by atoms with Gasteiger partial charge in [-0.25, -0.2) is 0 Å². The summed E-state index contributed by atoms with van der Waals surface area (Å²) in [5.41, 5.74) is 1.12. The van der Waals surface area contributed by atoms with Gasteiger partial charge in [-0.3, -0.25) is 4.79 Å². The van der Waals surface area contributed by atoms with Crippen LogP contribution in [0.4, 0.5) is 0 Å². The van der Waals surface area contributed by atoms with Crippen molar-refractivity contribution in [3.8, 4) is 0 Å². The van der Waals surface area contributed by atoms with Crippen LogP contribution >= 0.6 is 0 Å². The van der Waals surface area contributed by atoms with E-state index < -0.39 is 0 Å². The van der Waals surface area contributed by atoms with Gasteiger partial charge in [0.15, 0.2) is 0 Å². The van der Waals surface area contributed by atoms with Gasteiger partial charge in [0, 0.05) is 19.4 Å². The van der Waals surface area contributed by atoms with E-state index in [1.807, 2.05) is 30.3 Å². The van der Waals surface area contributed by atoms with Crippen LogP contribution in [0.25, 0.3) is 0 Å². The minimum absolute atomic E-state index is 0.0566. The average Bonchev–Trinajstić information content (AvgIpc) is 2.34. The summed E-state index contributed by atoms with van der Waals surface area (Å²) in [5, 5.41) is 0. The van der Waals surface area contributed by atoms with Crippen molar-refractivity contribution in [3.63, 3.8) is 0 Å². The van der Waals surface area contributed by atoms with Crippen molar-refractivity contribution >= 4 is 5.78 Å². The van der Waals surface area contributed by atoms with E-state index >= 15 is 0 Å². The lowest BCUT2D eigenvalue weighted by Crippen LogP contribution is -2.26. The number of hydrogen-bond donors (Lipinski definition) is 0. The molecule has 0 radical (unpaired) electrons. The minimum atomic E-state index is -0.0611. The second-order valence-corrected chi connectivity index (χ2v) is 4.39. The maximum Gasteiger partial charge on any atom is 0.138 e. The molecule has 2 atom stereocenters. The maximum atomic E-state index is 11.9. The Morgan fingerprint density at radius 1 is 1.25 bits per heavy atom. The Morgan fingerprint density at radius 2 is 2.00 bits per heavy atom. The predicted octanol–water partition coefficient (Wildman–Crippen LogP) is 3.13. The van der Waals surface area contributed by atoms with E-state index in [1.54, 1.807) is 7.11 Å².